The lowest BCUT2D eigenvalue weighted by molar-refractivity contribution is -0.384. The molecule has 0 aliphatic heterocycles. The quantitative estimate of drug-likeness (QED) is 0.241. The molecule has 0 bridgehead atoms. The zero-order chi connectivity index (χ0) is 23.0. The van der Waals surface area contributed by atoms with Gasteiger partial charge in [-0.15, -0.1) is 0 Å². The number of ether oxygens (including phenoxy) is 4. The summed E-state index contributed by atoms with van der Waals surface area (Å²) in [6.45, 7) is 3.39. The largest absolute Gasteiger partial charge is 0.460 e. The Kier molecular flexibility index (Phi) is 8.59. The van der Waals surface area contributed by atoms with Gasteiger partial charge in [0.1, 0.15) is 13.2 Å². The van der Waals surface area contributed by atoms with Gasteiger partial charge in [-0.1, -0.05) is 12.1 Å². The standard InChI is InChI=1S/C21H24N2O8/c1-13-17(20(24)30-11-9-28-3)19(15-7-5-6-8-16(15)23(26)27)18(14(2)22-13)21(25)31-12-10-29-4/h5-8H,9-12H2,1-4H3. The molecule has 0 spiro atoms. The van der Waals surface area contributed by atoms with Crippen LogP contribution in [0.15, 0.2) is 24.3 Å². The summed E-state index contributed by atoms with van der Waals surface area (Å²) in [5, 5.41) is 11.7. The molecule has 10 nitrogen and oxygen atoms in total. The van der Waals surface area contributed by atoms with Crippen LogP contribution in [-0.4, -0.2) is 62.5 Å². The predicted molar refractivity (Wildman–Crippen MR) is 110 cm³/mol. The maximum atomic E-state index is 12.9. The van der Waals surface area contributed by atoms with E-state index in [1.165, 1.54) is 32.4 Å². The molecule has 0 fully saturated rings. The Bertz CT molecular complexity index is 928. The first kappa shape index (κ1) is 23.9. The van der Waals surface area contributed by atoms with Crippen LogP contribution >= 0.6 is 0 Å². The number of para-hydroxylation sites is 1. The Morgan fingerprint density at radius 3 is 1.84 bits per heavy atom. The number of nitro benzene ring substituents is 1. The molecule has 2 aromatic rings. The van der Waals surface area contributed by atoms with Crippen molar-refractivity contribution in [3.05, 3.63) is 56.9 Å². The second-order valence-electron chi connectivity index (χ2n) is 6.44. The van der Waals surface area contributed by atoms with E-state index in [1.807, 2.05) is 0 Å². The van der Waals surface area contributed by atoms with Crippen molar-refractivity contribution >= 4 is 17.6 Å². The number of nitro groups is 1. The number of carbonyl (C=O) groups is 2. The van der Waals surface area contributed by atoms with Crippen LogP contribution in [0.1, 0.15) is 32.1 Å². The van der Waals surface area contributed by atoms with Gasteiger partial charge >= 0.3 is 11.9 Å². The first-order chi connectivity index (χ1) is 14.8. The third-order valence-electron chi connectivity index (χ3n) is 4.38. The average Bonchev–Trinajstić information content (AvgIpc) is 2.73. The van der Waals surface area contributed by atoms with Crippen molar-refractivity contribution in [1.29, 1.82) is 0 Å². The lowest BCUT2D eigenvalue weighted by Gasteiger charge is -2.18. The summed E-state index contributed by atoms with van der Waals surface area (Å²) in [6.07, 6.45) is 0. The molecular weight excluding hydrogens is 408 g/mol. The van der Waals surface area contributed by atoms with Crippen LogP contribution in [0.4, 0.5) is 5.69 Å². The second-order valence-corrected chi connectivity index (χ2v) is 6.44. The van der Waals surface area contributed by atoms with Gasteiger partial charge in [0.2, 0.25) is 0 Å². The lowest BCUT2D eigenvalue weighted by atomic mass is 9.91. The van der Waals surface area contributed by atoms with Gasteiger partial charge in [0.05, 0.1) is 46.2 Å². The molecule has 31 heavy (non-hydrogen) atoms. The molecule has 1 aromatic carbocycles. The Morgan fingerprint density at radius 1 is 0.903 bits per heavy atom. The third kappa shape index (κ3) is 5.62. The first-order valence-corrected chi connectivity index (χ1v) is 9.40. The topological polar surface area (TPSA) is 127 Å². The highest BCUT2D eigenvalue weighted by Crippen LogP contribution is 2.37. The van der Waals surface area contributed by atoms with Gasteiger partial charge in [-0.25, -0.2) is 9.59 Å². The molecule has 166 valence electrons. The van der Waals surface area contributed by atoms with Crippen LogP contribution in [0.5, 0.6) is 0 Å². The number of methoxy groups -OCH3 is 2. The van der Waals surface area contributed by atoms with E-state index in [1.54, 1.807) is 19.9 Å². The molecule has 0 saturated heterocycles. The normalized spacial score (nSPS) is 10.6. The minimum Gasteiger partial charge on any atom is -0.460 e. The molecule has 0 saturated carbocycles. The number of nitrogens with zero attached hydrogens (tertiary/aromatic N) is 2. The van der Waals surface area contributed by atoms with Gasteiger partial charge in [-0.2, -0.15) is 0 Å². The molecule has 10 heteroatoms. The molecule has 0 radical (unpaired) electrons. The predicted octanol–water partition coefficient (Wildman–Crippen LogP) is 2.88. The van der Waals surface area contributed by atoms with Crippen molar-refractivity contribution in [3.63, 3.8) is 0 Å². The van der Waals surface area contributed by atoms with Crippen molar-refractivity contribution in [2.75, 3.05) is 40.6 Å². The van der Waals surface area contributed by atoms with Crippen molar-refractivity contribution in [1.82, 2.24) is 4.98 Å². The van der Waals surface area contributed by atoms with Gasteiger partial charge in [-0.3, -0.25) is 15.1 Å². The molecule has 2 rings (SSSR count). The molecule has 1 heterocycles. The van der Waals surface area contributed by atoms with Gasteiger partial charge < -0.3 is 18.9 Å². The van der Waals surface area contributed by atoms with Crippen LogP contribution in [0.3, 0.4) is 0 Å². The summed E-state index contributed by atoms with van der Waals surface area (Å²) in [6, 6.07) is 5.83. The van der Waals surface area contributed by atoms with Crippen molar-refractivity contribution in [2.24, 2.45) is 0 Å². The smallest absolute Gasteiger partial charge is 0.340 e. The summed E-state index contributed by atoms with van der Waals surface area (Å²) in [4.78, 5) is 41.2. The third-order valence-corrected chi connectivity index (χ3v) is 4.38. The minimum absolute atomic E-state index is 0.0351. The number of aromatic nitrogens is 1. The Labute approximate surface area is 179 Å². The molecule has 0 aliphatic rings. The van der Waals surface area contributed by atoms with E-state index < -0.39 is 16.9 Å². The molecule has 0 amide bonds. The van der Waals surface area contributed by atoms with Crippen LogP contribution in [0, 0.1) is 24.0 Å². The summed E-state index contributed by atoms with van der Waals surface area (Å²) in [5.41, 5.74) is 0.289. The van der Waals surface area contributed by atoms with Gasteiger partial charge in [-0.05, 0) is 19.9 Å². The van der Waals surface area contributed by atoms with E-state index in [0.717, 1.165) is 0 Å². The summed E-state index contributed by atoms with van der Waals surface area (Å²) < 4.78 is 20.3. The van der Waals surface area contributed by atoms with E-state index in [0.29, 0.717) is 0 Å². The molecule has 0 atom stereocenters. The molecule has 0 unspecified atom stereocenters. The Balaban J connectivity index is 2.76. The number of benzene rings is 1. The first-order valence-electron chi connectivity index (χ1n) is 9.40. The summed E-state index contributed by atoms with van der Waals surface area (Å²) in [7, 11) is 2.92. The Morgan fingerprint density at radius 2 is 1.39 bits per heavy atom. The highest BCUT2D eigenvalue weighted by atomic mass is 16.6. The number of hydrogen-bond donors (Lipinski definition) is 0. The highest BCUT2D eigenvalue weighted by Gasteiger charge is 2.31. The maximum absolute atomic E-state index is 12.9. The van der Waals surface area contributed by atoms with Crippen LogP contribution in [-0.2, 0) is 18.9 Å². The SMILES string of the molecule is COCCOC(=O)c1c(C)nc(C)c(C(=O)OCCOC)c1-c1ccccc1[N+](=O)[O-]. The monoisotopic (exact) mass is 432 g/mol. The van der Waals surface area contributed by atoms with Gasteiger partial charge in [0, 0.05) is 25.8 Å². The fourth-order valence-electron chi connectivity index (χ4n) is 3.04. The number of hydrogen-bond acceptors (Lipinski definition) is 9. The van der Waals surface area contributed by atoms with Gasteiger partial charge in [0.25, 0.3) is 5.69 Å². The van der Waals surface area contributed by atoms with Crippen molar-refractivity contribution in [3.8, 4) is 11.1 Å². The average molecular weight is 432 g/mol. The second kappa shape index (κ2) is 11.1. The summed E-state index contributed by atoms with van der Waals surface area (Å²) >= 11 is 0. The van der Waals surface area contributed by atoms with Crippen LogP contribution in [0.25, 0.3) is 11.1 Å². The zero-order valence-electron chi connectivity index (χ0n) is 17.8. The summed E-state index contributed by atoms with van der Waals surface area (Å²) in [5.74, 6) is -1.55. The van der Waals surface area contributed by atoms with Crippen molar-refractivity contribution < 1.29 is 33.5 Å². The lowest BCUT2D eigenvalue weighted by Crippen LogP contribution is -2.19. The molecule has 0 N–H and O–H groups in total. The number of esters is 2. The minimum atomic E-state index is -0.777. The van der Waals surface area contributed by atoms with E-state index in [-0.39, 0.29) is 65.8 Å². The number of pyridine rings is 1. The fraction of sp³-hybridized carbons (Fsp3) is 0.381. The van der Waals surface area contributed by atoms with E-state index in [2.05, 4.69) is 4.98 Å². The fourth-order valence-corrected chi connectivity index (χ4v) is 3.04. The van der Waals surface area contributed by atoms with Gasteiger partial charge in [0.15, 0.2) is 0 Å². The zero-order valence-corrected chi connectivity index (χ0v) is 17.8. The number of aryl methyl sites for hydroxylation is 2. The number of rotatable bonds is 10. The van der Waals surface area contributed by atoms with Crippen LogP contribution < -0.4 is 0 Å². The van der Waals surface area contributed by atoms with E-state index >= 15 is 0 Å². The molecule has 1 aromatic heterocycles. The van der Waals surface area contributed by atoms with E-state index in [4.69, 9.17) is 18.9 Å². The van der Waals surface area contributed by atoms with E-state index in [9.17, 15) is 19.7 Å². The number of carbonyl (C=O) groups excluding carboxylic acids is 2. The molecular formula is C21H24N2O8. The Hall–Kier alpha value is -3.37. The molecule has 0 aliphatic carbocycles. The van der Waals surface area contributed by atoms with Crippen LogP contribution in [0.2, 0.25) is 0 Å². The maximum Gasteiger partial charge on any atom is 0.340 e. The highest BCUT2D eigenvalue weighted by molar-refractivity contribution is 6.08. The van der Waals surface area contributed by atoms with Crippen molar-refractivity contribution in [2.45, 2.75) is 13.8 Å².